The maximum atomic E-state index is 12.0. The van der Waals surface area contributed by atoms with Crippen molar-refractivity contribution >= 4 is 49.3 Å². The Morgan fingerprint density at radius 1 is 1.07 bits per heavy atom. The minimum Gasteiger partial charge on any atom is -0.507 e. The Hall–Kier alpha value is -3.04. The number of rotatable bonds is 4. The number of nitro groups is 1. The predicted molar refractivity (Wildman–Crippen MR) is 101 cm³/mol. The molecule has 0 aliphatic rings. The van der Waals surface area contributed by atoms with Gasteiger partial charge in [-0.15, -0.1) is 10.2 Å². The van der Waals surface area contributed by atoms with Crippen LogP contribution in [0.2, 0.25) is 5.02 Å². The highest BCUT2D eigenvalue weighted by Gasteiger charge is 2.18. The van der Waals surface area contributed by atoms with E-state index in [4.69, 9.17) is 11.6 Å². The van der Waals surface area contributed by atoms with E-state index in [0.29, 0.717) is 21.5 Å². The molecule has 0 bridgehead atoms. The van der Waals surface area contributed by atoms with Crippen LogP contribution >= 0.6 is 11.6 Å². The molecule has 3 aromatic rings. The summed E-state index contributed by atoms with van der Waals surface area (Å²) in [5, 5.41) is 30.1. The highest BCUT2D eigenvalue weighted by atomic mass is 35.5. The van der Waals surface area contributed by atoms with Crippen LogP contribution in [-0.2, 0) is 9.84 Å². The van der Waals surface area contributed by atoms with Crippen molar-refractivity contribution < 1.29 is 18.4 Å². The summed E-state index contributed by atoms with van der Waals surface area (Å²) in [4.78, 5) is 9.91. The molecule has 0 aliphatic heterocycles. The number of hydrogen-bond acceptors (Lipinski definition) is 7. The second-order valence-electron chi connectivity index (χ2n) is 5.65. The summed E-state index contributed by atoms with van der Waals surface area (Å²) in [5.41, 5.74) is -0.0503. The summed E-state index contributed by atoms with van der Waals surface area (Å²) in [6.45, 7) is 0. The smallest absolute Gasteiger partial charge is 0.270 e. The maximum absolute atomic E-state index is 12.0. The third-order valence-electron chi connectivity index (χ3n) is 3.76. The van der Waals surface area contributed by atoms with Crippen molar-refractivity contribution in [2.75, 3.05) is 6.26 Å². The van der Waals surface area contributed by atoms with Gasteiger partial charge in [-0.1, -0.05) is 23.7 Å². The molecule has 0 aromatic heterocycles. The average molecular weight is 406 g/mol. The number of aromatic hydroxyl groups is 1. The van der Waals surface area contributed by atoms with Crippen molar-refractivity contribution in [3.63, 3.8) is 0 Å². The van der Waals surface area contributed by atoms with Crippen LogP contribution in [0.3, 0.4) is 0 Å². The first-order valence-corrected chi connectivity index (χ1v) is 9.76. The lowest BCUT2D eigenvalue weighted by Crippen LogP contribution is -1.99. The fourth-order valence-electron chi connectivity index (χ4n) is 2.52. The number of non-ortho nitro benzene ring substituents is 1. The topological polar surface area (TPSA) is 122 Å². The Morgan fingerprint density at radius 3 is 2.41 bits per heavy atom. The van der Waals surface area contributed by atoms with E-state index in [0.717, 1.165) is 18.4 Å². The predicted octanol–water partition coefficient (Wildman–Crippen LogP) is 4.93. The van der Waals surface area contributed by atoms with E-state index < -0.39 is 14.8 Å². The number of phenolic OH excluding ortho intramolecular Hbond substituents is 1. The quantitative estimate of drug-likeness (QED) is 0.374. The molecule has 3 aromatic carbocycles. The molecule has 0 unspecified atom stereocenters. The monoisotopic (exact) mass is 405 g/mol. The Balaban J connectivity index is 2.15. The lowest BCUT2D eigenvalue weighted by Gasteiger charge is -2.06. The van der Waals surface area contributed by atoms with Gasteiger partial charge in [-0.05, 0) is 24.3 Å². The summed E-state index contributed by atoms with van der Waals surface area (Å²) in [6.07, 6.45) is 0.931. The summed E-state index contributed by atoms with van der Waals surface area (Å²) in [5.74, 6) is -0.0262. The number of halogens is 1. The molecule has 0 aliphatic carbocycles. The zero-order valence-corrected chi connectivity index (χ0v) is 15.4. The zero-order chi connectivity index (χ0) is 19.8. The summed E-state index contributed by atoms with van der Waals surface area (Å²) < 4.78 is 23.9. The first-order chi connectivity index (χ1) is 12.7. The van der Waals surface area contributed by atoms with E-state index in [1.54, 1.807) is 18.2 Å². The van der Waals surface area contributed by atoms with Gasteiger partial charge in [-0.3, -0.25) is 10.1 Å². The van der Waals surface area contributed by atoms with Gasteiger partial charge in [0.1, 0.15) is 16.3 Å². The van der Waals surface area contributed by atoms with E-state index in [2.05, 4.69) is 10.2 Å². The number of fused-ring (bicyclic) bond motifs is 1. The van der Waals surface area contributed by atoms with Crippen molar-refractivity contribution in [3.8, 4) is 5.75 Å². The molecule has 3 rings (SSSR count). The Labute approximate surface area is 158 Å². The lowest BCUT2D eigenvalue weighted by atomic mass is 10.1. The molecule has 0 amide bonds. The zero-order valence-electron chi connectivity index (χ0n) is 13.8. The number of azo groups is 1. The molecule has 0 saturated heterocycles. The van der Waals surface area contributed by atoms with E-state index in [1.165, 1.54) is 18.2 Å². The van der Waals surface area contributed by atoms with Crippen molar-refractivity contribution in [2.24, 2.45) is 10.2 Å². The Bertz CT molecular complexity index is 1200. The molecule has 138 valence electrons. The number of phenols is 1. The largest absolute Gasteiger partial charge is 0.507 e. The second kappa shape index (κ2) is 6.93. The normalized spacial score (nSPS) is 11.9. The van der Waals surface area contributed by atoms with Crippen molar-refractivity contribution in [1.29, 1.82) is 0 Å². The number of sulfone groups is 1. The molecule has 0 fully saturated rings. The van der Waals surface area contributed by atoms with Crippen molar-refractivity contribution in [2.45, 2.75) is 4.90 Å². The van der Waals surface area contributed by atoms with E-state index in [9.17, 15) is 23.6 Å². The molecule has 0 atom stereocenters. The van der Waals surface area contributed by atoms with Gasteiger partial charge in [0, 0.05) is 29.2 Å². The highest BCUT2D eigenvalue weighted by Crippen LogP contribution is 2.38. The first kappa shape index (κ1) is 18.7. The van der Waals surface area contributed by atoms with Gasteiger partial charge in [-0.25, -0.2) is 8.42 Å². The van der Waals surface area contributed by atoms with Crippen LogP contribution < -0.4 is 0 Å². The molecule has 8 nitrogen and oxygen atoms in total. The van der Waals surface area contributed by atoms with Crippen LogP contribution in [-0.4, -0.2) is 24.7 Å². The summed E-state index contributed by atoms with van der Waals surface area (Å²) in [6, 6.07) is 11.2. The van der Waals surface area contributed by atoms with Gasteiger partial charge in [0.25, 0.3) is 5.69 Å². The fourth-order valence-corrected chi connectivity index (χ4v) is 3.61. The Kier molecular flexibility index (Phi) is 4.81. The SMILES string of the molecule is CS(=O)(=O)c1cc([N+](=O)[O-])ccc1N=Nc1ccc(O)c2c(Cl)cccc12. The molecule has 0 heterocycles. The van der Waals surface area contributed by atoms with Crippen LogP contribution in [0.1, 0.15) is 0 Å². The van der Waals surface area contributed by atoms with Crippen molar-refractivity contribution in [1.82, 2.24) is 0 Å². The molecule has 0 spiro atoms. The van der Waals surface area contributed by atoms with Gasteiger partial charge >= 0.3 is 0 Å². The minimum absolute atomic E-state index is 0.0262. The molecular weight excluding hydrogens is 394 g/mol. The molecule has 27 heavy (non-hydrogen) atoms. The molecule has 1 N–H and O–H groups in total. The van der Waals surface area contributed by atoms with Gasteiger partial charge < -0.3 is 5.11 Å². The van der Waals surface area contributed by atoms with Crippen LogP contribution in [0.25, 0.3) is 10.8 Å². The second-order valence-corrected chi connectivity index (χ2v) is 8.04. The highest BCUT2D eigenvalue weighted by molar-refractivity contribution is 7.90. The molecule has 0 radical (unpaired) electrons. The van der Waals surface area contributed by atoms with E-state index in [-0.39, 0.29) is 22.0 Å². The van der Waals surface area contributed by atoms with Crippen LogP contribution in [0.5, 0.6) is 5.75 Å². The standard InChI is InChI=1S/C17H12ClN3O5S/c1-27(25,26)16-9-10(21(23)24)5-6-14(16)20-19-13-7-8-15(22)17-11(13)3-2-4-12(17)18/h2-9,22H,1H3. The van der Waals surface area contributed by atoms with Crippen LogP contribution in [0, 0.1) is 10.1 Å². The van der Waals surface area contributed by atoms with Crippen molar-refractivity contribution in [3.05, 3.63) is 63.7 Å². The first-order valence-electron chi connectivity index (χ1n) is 7.49. The molecule has 0 saturated carbocycles. The third kappa shape index (κ3) is 3.74. The number of hydrogen-bond donors (Lipinski definition) is 1. The average Bonchev–Trinajstić information content (AvgIpc) is 2.60. The van der Waals surface area contributed by atoms with Crippen LogP contribution in [0.4, 0.5) is 17.1 Å². The molecular formula is C17H12ClN3O5S. The van der Waals surface area contributed by atoms with Gasteiger partial charge in [0.05, 0.1) is 15.6 Å². The fraction of sp³-hybridized carbons (Fsp3) is 0.0588. The van der Waals surface area contributed by atoms with Gasteiger partial charge in [0.15, 0.2) is 9.84 Å². The maximum Gasteiger partial charge on any atom is 0.270 e. The molecule has 10 heteroatoms. The third-order valence-corrected chi connectivity index (χ3v) is 5.20. The lowest BCUT2D eigenvalue weighted by molar-refractivity contribution is -0.385. The van der Waals surface area contributed by atoms with Gasteiger partial charge in [0.2, 0.25) is 0 Å². The van der Waals surface area contributed by atoms with Crippen LogP contribution in [0.15, 0.2) is 63.7 Å². The number of nitrogens with zero attached hydrogens (tertiary/aromatic N) is 3. The van der Waals surface area contributed by atoms with Gasteiger partial charge in [-0.2, -0.15) is 0 Å². The van der Waals surface area contributed by atoms with E-state index in [1.807, 2.05) is 0 Å². The minimum atomic E-state index is -3.77. The number of nitro benzene ring substituents is 1. The van der Waals surface area contributed by atoms with E-state index >= 15 is 0 Å². The Morgan fingerprint density at radius 2 is 1.74 bits per heavy atom. The number of benzene rings is 3. The summed E-state index contributed by atoms with van der Waals surface area (Å²) in [7, 11) is -3.77. The summed E-state index contributed by atoms with van der Waals surface area (Å²) >= 11 is 6.11.